The second-order valence-corrected chi connectivity index (χ2v) is 9.32. The Morgan fingerprint density at radius 3 is 2.00 bits per heavy atom. The standard InChI is InChI=1S/C17H30O2.C11H18O.C2H6/c1-7-10-17(11-8-2)12-16(18-13(4)5)15(9-3)14(6)19-17;1-8(2)9(3)6-7-10(4)11(5)12;1-2/h9,13,16H,3,7-8,10-12H2,1-2,4-6H3;6-7,10H,1-5H3;1-2H3/b;7-6-;. The van der Waals surface area contributed by atoms with E-state index in [9.17, 15) is 4.79 Å². The second kappa shape index (κ2) is 17.8. The van der Waals surface area contributed by atoms with Crippen LogP contribution in [0.5, 0.6) is 0 Å². The molecule has 2 unspecified atom stereocenters. The monoisotopic (exact) mass is 462 g/mol. The summed E-state index contributed by atoms with van der Waals surface area (Å²) in [6, 6.07) is 0. The molecule has 0 fully saturated rings. The zero-order valence-corrected chi connectivity index (χ0v) is 23.9. The smallest absolute Gasteiger partial charge is 0.136 e. The minimum absolute atomic E-state index is 0.0410. The first-order valence-corrected chi connectivity index (χ1v) is 12.9. The summed E-state index contributed by atoms with van der Waals surface area (Å²) in [5.74, 6) is 1.25. The largest absolute Gasteiger partial charge is 0.491 e. The van der Waals surface area contributed by atoms with Gasteiger partial charge in [-0.25, -0.2) is 0 Å². The van der Waals surface area contributed by atoms with E-state index in [1.807, 2.05) is 45.9 Å². The van der Waals surface area contributed by atoms with Crippen molar-refractivity contribution in [3.05, 3.63) is 47.3 Å². The normalized spacial score (nSPS) is 17.9. The number of ether oxygens (including phenoxy) is 2. The Hall–Kier alpha value is -1.61. The van der Waals surface area contributed by atoms with Crippen molar-refractivity contribution >= 4 is 5.78 Å². The molecule has 0 saturated carbocycles. The van der Waals surface area contributed by atoms with Gasteiger partial charge in [0.2, 0.25) is 0 Å². The van der Waals surface area contributed by atoms with Crippen molar-refractivity contribution in [2.24, 2.45) is 5.92 Å². The van der Waals surface area contributed by atoms with Gasteiger partial charge in [0.15, 0.2) is 0 Å². The van der Waals surface area contributed by atoms with Crippen LogP contribution in [0.15, 0.2) is 47.3 Å². The molecule has 0 bridgehead atoms. The molecule has 0 radical (unpaired) electrons. The van der Waals surface area contributed by atoms with Gasteiger partial charge in [-0.3, -0.25) is 4.79 Å². The van der Waals surface area contributed by atoms with E-state index in [4.69, 9.17) is 9.47 Å². The van der Waals surface area contributed by atoms with Crippen LogP contribution in [0.2, 0.25) is 0 Å². The van der Waals surface area contributed by atoms with Crippen LogP contribution in [0.1, 0.15) is 115 Å². The van der Waals surface area contributed by atoms with Crippen molar-refractivity contribution in [2.45, 2.75) is 133 Å². The molecule has 0 saturated heterocycles. The van der Waals surface area contributed by atoms with Crippen molar-refractivity contribution in [1.29, 1.82) is 0 Å². The number of ketones is 1. The van der Waals surface area contributed by atoms with Crippen molar-refractivity contribution in [3.8, 4) is 0 Å². The molecule has 0 aromatic carbocycles. The zero-order chi connectivity index (χ0) is 26.2. The number of Topliss-reactive ketones (excluding diaryl/α,β-unsaturated/α-hetero) is 1. The molecule has 0 aromatic heterocycles. The predicted octanol–water partition coefficient (Wildman–Crippen LogP) is 9.15. The van der Waals surface area contributed by atoms with Gasteiger partial charge in [0.05, 0.1) is 18.0 Å². The third kappa shape index (κ3) is 13.0. The van der Waals surface area contributed by atoms with Crippen molar-refractivity contribution in [3.63, 3.8) is 0 Å². The topological polar surface area (TPSA) is 35.5 Å². The van der Waals surface area contributed by atoms with Crippen LogP contribution < -0.4 is 0 Å². The first-order valence-electron chi connectivity index (χ1n) is 12.9. The van der Waals surface area contributed by atoms with Crippen molar-refractivity contribution < 1.29 is 14.3 Å². The molecule has 2 atom stereocenters. The molecule has 33 heavy (non-hydrogen) atoms. The van der Waals surface area contributed by atoms with Crippen molar-refractivity contribution in [1.82, 2.24) is 0 Å². The van der Waals surface area contributed by atoms with E-state index in [1.54, 1.807) is 6.92 Å². The maximum absolute atomic E-state index is 10.9. The first-order chi connectivity index (χ1) is 15.4. The molecule has 0 spiro atoms. The van der Waals surface area contributed by atoms with E-state index >= 15 is 0 Å². The van der Waals surface area contributed by atoms with Gasteiger partial charge in [-0.15, -0.1) is 0 Å². The summed E-state index contributed by atoms with van der Waals surface area (Å²) in [7, 11) is 0. The Morgan fingerprint density at radius 2 is 1.64 bits per heavy atom. The van der Waals surface area contributed by atoms with Gasteiger partial charge in [0.1, 0.15) is 11.4 Å². The highest BCUT2D eigenvalue weighted by Gasteiger charge is 2.39. The molecule has 1 rings (SSSR count). The Morgan fingerprint density at radius 1 is 1.12 bits per heavy atom. The van der Waals surface area contributed by atoms with Crippen LogP contribution in [0.3, 0.4) is 0 Å². The third-order valence-corrected chi connectivity index (χ3v) is 5.81. The summed E-state index contributed by atoms with van der Waals surface area (Å²) in [4.78, 5) is 10.9. The maximum Gasteiger partial charge on any atom is 0.136 e. The van der Waals surface area contributed by atoms with Crippen LogP contribution in [0.4, 0.5) is 0 Å². The molecule has 0 aliphatic carbocycles. The lowest BCUT2D eigenvalue weighted by molar-refractivity contribution is -0.118. The summed E-state index contributed by atoms with van der Waals surface area (Å²) in [6.45, 7) is 28.3. The van der Waals surface area contributed by atoms with Gasteiger partial charge in [-0.1, -0.05) is 83.4 Å². The number of carbonyl (C=O) groups excluding carboxylic acids is 1. The summed E-state index contributed by atoms with van der Waals surface area (Å²) in [6.07, 6.45) is 11.6. The van der Waals surface area contributed by atoms with E-state index in [0.717, 1.165) is 43.4 Å². The zero-order valence-electron chi connectivity index (χ0n) is 23.9. The van der Waals surface area contributed by atoms with E-state index in [0.29, 0.717) is 0 Å². The molecule has 1 aliphatic heterocycles. The number of allylic oxidation sites excluding steroid dienone is 5. The molecule has 3 nitrogen and oxygen atoms in total. The van der Waals surface area contributed by atoms with Gasteiger partial charge >= 0.3 is 0 Å². The SMILES string of the molecule is C=CC1=C(C)OC(CCC)(CCC)CC1OC(C)C.CC.CC(=O)C(C)/C=C\C(C)=C(C)C. The fourth-order valence-electron chi connectivity index (χ4n) is 3.76. The van der Waals surface area contributed by atoms with Crippen molar-refractivity contribution in [2.75, 3.05) is 0 Å². The van der Waals surface area contributed by atoms with Crippen LogP contribution in [-0.2, 0) is 14.3 Å². The third-order valence-electron chi connectivity index (χ3n) is 5.81. The van der Waals surface area contributed by atoms with Gasteiger partial charge in [-0.05, 0) is 61.3 Å². The van der Waals surface area contributed by atoms with Gasteiger partial charge in [-0.2, -0.15) is 0 Å². The maximum atomic E-state index is 10.9. The minimum atomic E-state index is -0.0420. The second-order valence-electron chi connectivity index (χ2n) is 9.32. The highest BCUT2D eigenvalue weighted by molar-refractivity contribution is 5.79. The summed E-state index contributed by atoms with van der Waals surface area (Å²) in [5.41, 5.74) is 3.61. The Kier molecular flexibility index (Phi) is 18.1. The van der Waals surface area contributed by atoms with E-state index in [-0.39, 0.29) is 29.5 Å². The molecule has 192 valence electrons. The first kappa shape index (κ1) is 33.6. The lowest BCUT2D eigenvalue weighted by Gasteiger charge is -2.43. The highest BCUT2D eigenvalue weighted by atomic mass is 16.5. The number of rotatable bonds is 10. The lowest BCUT2D eigenvalue weighted by Crippen LogP contribution is -2.42. The Labute approximate surface area is 206 Å². The quantitative estimate of drug-likeness (QED) is 0.304. The van der Waals surface area contributed by atoms with Gasteiger partial charge in [0.25, 0.3) is 0 Å². The van der Waals surface area contributed by atoms with E-state index < -0.39 is 0 Å². The molecule has 1 aliphatic rings. The van der Waals surface area contributed by atoms with Crippen LogP contribution >= 0.6 is 0 Å². The molecular weight excluding hydrogens is 408 g/mol. The van der Waals surface area contributed by atoms with E-state index in [2.05, 4.69) is 55.0 Å². The Bertz CT molecular complexity index is 654. The molecule has 0 N–H and O–H groups in total. The summed E-state index contributed by atoms with van der Waals surface area (Å²) >= 11 is 0. The van der Waals surface area contributed by atoms with Crippen LogP contribution in [0, 0.1) is 5.92 Å². The van der Waals surface area contributed by atoms with Crippen LogP contribution in [-0.4, -0.2) is 23.6 Å². The molecule has 3 heteroatoms. The molecular formula is C30H54O3. The average molecular weight is 463 g/mol. The molecule has 1 heterocycles. The fraction of sp³-hybridized carbons (Fsp3) is 0.700. The predicted molar refractivity (Wildman–Crippen MR) is 146 cm³/mol. The minimum Gasteiger partial charge on any atom is -0.491 e. The number of hydrogen-bond acceptors (Lipinski definition) is 3. The van der Waals surface area contributed by atoms with Gasteiger partial charge in [0, 0.05) is 17.9 Å². The summed E-state index contributed by atoms with van der Waals surface area (Å²) in [5, 5.41) is 0. The Balaban J connectivity index is 0. The lowest BCUT2D eigenvalue weighted by atomic mass is 9.82. The number of hydrogen-bond donors (Lipinski definition) is 0. The molecule has 0 amide bonds. The average Bonchev–Trinajstić information content (AvgIpc) is 2.73. The van der Waals surface area contributed by atoms with Gasteiger partial charge < -0.3 is 9.47 Å². The molecule has 0 aromatic rings. The van der Waals surface area contributed by atoms with E-state index in [1.165, 1.54) is 11.1 Å². The summed E-state index contributed by atoms with van der Waals surface area (Å²) < 4.78 is 12.4. The number of carbonyl (C=O) groups is 1. The fourth-order valence-corrected chi connectivity index (χ4v) is 3.76. The van der Waals surface area contributed by atoms with Crippen LogP contribution in [0.25, 0.3) is 0 Å². The highest BCUT2D eigenvalue weighted by Crippen LogP contribution is 2.40.